The molecule has 7 aliphatic rings. The van der Waals surface area contributed by atoms with Gasteiger partial charge in [0.05, 0.1) is 11.6 Å². The van der Waals surface area contributed by atoms with Crippen LogP contribution in [-0.4, -0.2) is 35.5 Å². The fourth-order valence-electron chi connectivity index (χ4n) is 8.42. The minimum absolute atomic E-state index is 0.170. The summed E-state index contributed by atoms with van der Waals surface area (Å²) in [6.07, 6.45) is 2.27. The lowest BCUT2D eigenvalue weighted by molar-refractivity contribution is -0.620. The number of carbonyl (C=O) groups excluding carboxylic acids is 1. The van der Waals surface area contributed by atoms with Crippen molar-refractivity contribution >= 4 is 5.91 Å². The fraction of sp³-hybridized carbons (Fsp3) is 0.944. The van der Waals surface area contributed by atoms with Gasteiger partial charge in [0.15, 0.2) is 0 Å². The molecule has 0 bridgehead atoms. The lowest BCUT2D eigenvalue weighted by Gasteiger charge is -3.11. The first-order chi connectivity index (χ1) is 10.0. The molecule has 21 heavy (non-hydrogen) atoms. The molecule has 6 aliphatic carbocycles. The summed E-state index contributed by atoms with van der Waals surface area (Å²) in [4.78, 5) is 15.3. The van der Waals surface area contributed by atoms with Gasteiger partial charge in [0.25, 0.3) is 0 Å². The highest BCUT2D eigenvalue weighted by atomic mass is 16.2. The Bertz CT molecular complexity index is 514. The molecule has 1 amide bonds. The maximum absolute atomic E-state index is 12.8. The number of nitrogens with one attached hydrogen (secondary N) is 1. The summed E-state index contributed by atoms with van der Waals surface area (Å²) < 4.78 is 0. The molecule has 1 aliphatic heterocycles. The Kier molecular flexibility index (Phi) is 1.74. The van der Waals surface area contributed by atoms with Crippen LogP contribution in [-0.2, 0) is 4.79 Å². The SMILES string of the molecule is CC(C)CN1CCC[C@@H]1C(=O)NC12C3C4C1C1C2C3C41C. The molecule has 1 saturated heterocycles. The van der Waals surface area contributed by atoms with Gasteiger partial charge in [-0.05, 0) is 66.2 Å². The van der Waals surface area contributed by atoms with Crippen LogP contribution in [0.15, 0.2) is 0 Å². The van der Waals surface area contributed by atoms with Gasteiger partial charge in [-0.2, -0.15) is 0 Å². The second-order valence-electron chi connectivity index (χ2n) is 9.49. The van der Waals surface area contributed by atoms with Gasteiger partial charge in [-0.3, -0.25) is 9.69 Å². The normalized spacial score (nSPS) is 63.9. The number of rotatable bonds is 4. The van der Waals surface area contributed by atoms with Crippen LogP contribution in [0.4, 0.5) is 0 Å². The molecule has 0 spiro atoms. The zero-order valence-electron chi connectivity index (χ0n) is 13.3. The quantitative estimate of drug-likeness (QED) is 0.854. The van der Waals surface area contributed by atoms with E-state index in [0.717, 1.165) is 60.4 Å². The van der Waals surface area contributed by atoms with Gasteiger partial charge in [-0.1, -0.05) is 20.8 Å². The van der Waals surface area contributed by atoms with E-state index in [1.807, 2.05) is 0 Å². The Morgan fingerprint density at radius 3 is 2.38 bits per heavy atom. The molecule has 3 nitrogen and oxygen atoms in total. The monoisotopic (exact) mass is 286 g/mol. The highest BCUT2D eigenvalue weighted by Gasteiger charge is 3.08. The molecule has 3 heteroatoms. The van der Waals surface area contributed by atoms with Crippen LogP contribution in [0.2, 0.25) is 0 Å². The molecule has 0 unspecified atom stereocenters. The third-order valence-corrected chi connectivity index (χ3v) is 8.74. The van der Waals surface area contributed by atoms with Crippen molar-refractivity contribution in [2.45, 2.75) is 45.2 Å². The highest BCUT2D eigenvalue weighted by molar-refractivity contribution is 5.84. The molecule has 0 aromatic rings. The van der Waals surface area contributed by atoms with Crippen molar-refractivity contribution in [1.82, 2.24) is 10.2 Å². The number of nitrogens with zero attached hydrogens (tertiary/aromatic N) is 1. The first-order valence-electron chi connectivity index (χ1n) is 9.09. The predicted octanol–water partition coefficient (Wildman–Crippen LogP) is 1.73. The summed E-state index contributed by atoms with van der Waals surface area (Å²) >= 11 is 0. The molecule has 1 atom stereocenters. The van der Waals surface area contributed by atoms with E-state index in [9.17, 15) is 4.79 Å². The Labute approximate surface area is 126 Å². The molecular formula is C18H26N2O. The van der Waals surface area contributed by atoms with E-state index in [4.69, 9.17) is 0 Å². The predicted molar refractivity (Wildman–Crippen MR) is 79.4 cm³/mol. The van der Waals surface area contributed by atoms with Crippen molar-refractivity contribution in [2.75, 3.05) is 13.1 Å². The molecule has 1 N–H and O–H groups in total. The van der Waals surface area contributed by atoms with Gasteiger partial charge in [0, 0.05) is 6.54 Å². The molecule has 114 valence electrons. The molecule has 6 saturated carbocycles. The van der Waals surface area contributed by atoms with Crippen LogP contribution in [0.3, 0.4) is 0 Å². The van der Waals surface area contributed by atoms with Gasteiger partial charge >= 0.3 is 0 Å². The average Bonchev–Trinajstić information content (AvgIpc) is 2.90. The van der Waals surface area contributed by atoms with E-state index < -0.39 is 0 Å². The number of hydrogen-bond donors (Lipinski definition) is 1. The van der Waals surface area contributed by atoms with Crippen molar-refractivity contribution < 1.29 is 4.79 Å². The number of amides is 1. The second-order valence-corrected chi connectivity index (χ2v) is 9.49. The van der Waals surface area contributed by atoms with Crippen molar-refractivity contribution in [2.24, 2.45) is 46.8 Å². The largest absolute Gasteiger partial charge is 0.348 e. The molecular weight excluding hydrogens is 260 g/mol. The molecule has 1 heterocycles. The summed E-state index contributed by atoms with van der Waals surface area (Å²) in [5.74, 6) is 6.73. The van der Waals surface area contributed by atoms with E-state index in [1.165, 1.54) is 6.42 Å². The van der Waals surface area contributed by atoms with E-state index in [0.29, 0.717) is 17.4 Å². The highest BCUT2D eigenvalue weighted by Crippen LogP contribution is 3.06. The van der Waals surface area contributed by atoms with Crippen LogP contribution in [0.25, 0.3) is 0 Å². The third kappa shape index (κ3) is 0.869. The lowest BCUT2D eigenvalue weighted by atomic mass is 8.94. The van der Waals surface area contributed by atoms with Gasteiger partial charge in [0.1, 0.15) is 0 Å². The first-order valence-corrected chi connectivity index (χ1v) is 9.09. The zero-order valence-corrected chi connectivity index (χ0v) is 13.3. The van der Waals surface area contributed by atoms with Gasteiger partial charge in [0.2, 0.25) is 5.91 Å². The standard InChI is InChI=1S/C18H26N2O/c1-8(2)7-20-6-4-5-9(20)16(21)19-18-13-10-14(18)12-15(18)11(13)17(10,12)3/h8-15H,4-7H2,1-3H3,(H,19,21)/t9-,10?,11?,12?,13?,14?,15?,17?,18?/m1/s1. The van der Waals surface area contributed by atoms with Gasteiger partial charge < -0.3 is 5.32 Å². The van der Waals surface area contributed by atoms with Crippen molar-refractivity contribution in [3.8, 4) is 0 Å². The summed E-state index contributed by atoms with van der Waals surface area (Å²) in [5.41, 5.74) is 1.07. The Morgan fingerprint density at radius 2 is 1.81 bits per heavy atom. The van der Waals surface area contributed by atoms with Crippen LogP contribution >= 0.6 is 0 Å². The molecule has 0 aromatic heterocycles. The van der Waals surface area contributed by atoms with Crippen molar-refractivity contribution in [3.05, 3.63) is 0 Å². The minimum atomic E-state index is 0.170. The Hall–Kier alpha value is -0.570. The van der Waals surface area contributed by atoms with E-state index in [2.05, 4.69) is 31.0 Å². The van der Waals surface area contributed by atoms with E-state index in [-0.39, 0.29) is 6.04 Å². The van der Waals surface area contributed by atoms with E-state index >= 15 is 0 Å². The third-order valence-electron chi connectivity index (χ3n) is 8.74. The number of likely N-dealkylation sites (tertiary alicyclic amines) is 1. The van der Waals surface area contributed by atoms with Crippen molar-refractivity contribution in [3.63, 3.8) is 0 Å². The van der Waals surface area contributed by atoms with Gasteiger partial charge in [-0.25, -0.2) is 0 Å². The van der Waals surface area contributed by atoms with Crippen molar-refractivity contribution in [1.29, 1.82) is 0 Å². The van der Waals surface area contributed by atoms with Crippen LogP contribution in [0.1, 0.15) is 33.6 Å². The molecule has 7 rings (SSSR count). The lowest BCUT2D eigenvalue weighted by Crippen LogP contribution is -3.14. The molecule has 7 fully saturated rings. The molecule has 0 aromatic carbocycles. The van der Waals surface area contributed by atoms with Crippen LogP contribution in [0.5, 0.6) is 0 Å². The maximum atomic E-state index is 12.8. The van der Waals surface area contributed by atoms with Crippen LogP contribution < -0.4 is 5.32 Å². The first kappa shape index (κ1) is 11.9. The summed E-state index contributed by atoms with van der Waals surface area (Å²) in [6, 6.07) is 0.170. The zero-order chi connectivity index (χ0) is 14.3. The topological polar surface area (TPSA) is 32.3 Å². The summed E-state index contributed by atoms with van der Waals surface area (Å²) in [7, 11) is 0. The van der Waals surface area contributed by atoms with E-state index in [1.54, 1.807) is 0 Å². The molecule has 0 radical (unpaired) electrons. The smallest absolute Gasteiger partial charge is 0.237 e. The maximum Gasteiger partial charge on any atom is 0.237 e. The number of hydrogen-bond acceptors (Lipinski definition) is 2. The van der Waals surface area contributed by atoms with Gasteiger partial charge in [-0.15, -0.1) is 0 Å². The average molecular weight is 286 g/mol. The minimum Gasteiger partial charge on any atom is -0.348 e. The Morgan fingerprint density at radius 1 is 1.19 bits per heavy atom. The number of carbonyl (C=O) groups is 1. The Balaban J connectivity index is 1.18. The second kappa shape index (κ2) is 3.06. The fourth-order valence-corrected chi connectivity index (χ4v) is 8.42. The summed E-state index contributed by atoms with van der Waals surface area (Å²) in [5, 5.41) is 3.59. The summed E-state index contributed by atoms with van der Waals surface area (Å²) in [6.45, 7) is 9.22. The van der Waals surface area contributed by atoms with Crippen LogP contribution in [0, 0.1) is 46.8 Å².